The molecule has 2 heteroatoms. The quantitative estimate of drug-likeness (QED) is 0.165. The maximum absolute atomic E-state index is 2.52. The topological polar surface area (TPSA) is 6.48 Å². The van der Waals surface area contributed by atoms with Gasteiger partial charge in [-0.2, -0.15) is 0 Å². The van der Waals surface area contributed by atoms with Gasteiger partial charge < -0.3 is 9.80 Å². The number of hydrogen-bond donors (Lipinski definition) is 0. The predicted molar refractivity (Wildman–Crippen MR) is 274 cm³/mol. The summed E-state index contributed by atoms with van der Waals surface area (Å²) in [5.74, 6) is 0. The van der Waals surface area contributed by atoms with Crippen LogP contribution in [0.1, 0.15) is 44.5 Å². The number of fused-ring (bicyclic) bond motifs is 13. The third-order valence-electron chi connectivity index (χ3n) is 13.9. The summed E-state index contributed by atoms with van der Waals surface area (Å²) < 4.78 is 0. The highest BCUT2D eigenvalue weighted by molar-refractivity contribution is 6.02. The molecule has 310 valence electrons. The van der Waals surface area contributed by atoms with Gasteiger partial charge in [0.05, 0.1) is 5.41 Å². The average molecular weight is 833 g/mol. The maximum atomic E-state index is 2.52. The summed E-state index contributed by atoms with van der Waals surface area (Å²) in [5.41, 5.74) is 23.5. The molecule has 2 aliphatic rings. The minimum absolute atomic E-state index is 0.718. The third-order valence-corrected chi connectivity index (χ3v) is 13.9. The van der Waals surface area contributed by atoms with Crippen molar-refractivity contribution in [1.29, 1.82) is 0 Å². The molecule has 0 atom stereocenters. The summed E-state index contributed by atoms with van der Waals surface area (Å²) in [7, 11) is 0. The van der Waals surface area contributed by atoms with Gasteiger partial charge >= 0.3 is 0 Å². The van der Waals surface area contributed by atoms with Crippen LogP contribution in [0.25, 0.3) is 44.2 Å². The Morgan fingerprint density at radius 2 is 0.569 bits per heavy atom. The monoisotopic (exact) mass is 832 g/mol. The average Bonchev–Trinajstić information content (AvgIpc) is 3.57. The van der Waals surface area contributed by atoms with Gasteiger partial charge in [-0.1, -0.05) is 156 Å². The maximum Gasteiger partial charge on any atom is 0.0727 e. The Bertz CT molecular complexity index is 3190. The molecule has 2 nitrogen and oxygen atoms in total. The largest absolute Gasteiger partial charge is 0.310 e. The van der Waals surface area contributed by atoms with Crippen molar-refractivity contribution in [3.05, 3.63) is 263 Å². The first-order chi connectivity index (χ1) is 31.8. The zero-order valence-corrected chi connectivity index (χ0v) is 37.2. The van der Waals surface area contributed by atoms with Crippen molar-refractivity contribution >= 4 is 44.9 Å². The molecule has 0 aliphatic heterocycles. The number of nitrogens with zero attached hydrogens (tertiary/aromatic N) is 2. The fourth-order valence-corrected chi connectivity index (χ4v) is 10.7. The van der Waals surface area contributed by atoms with Gasteiger partial charge in [0.15, 0.2) is 0 Å². The highest BCUT2D eigenvalue weighted by Gasteiger charge is 2.50. The summed E-state index contributed by atoms with van der Waals surface area (Å²) in [6.45, 7) is 8.64. The second-order valence-electron chi connectivity index (χ2n) is 18.1. The van der Waals surface area contributed by atoms with Crippen molar-refractivity contribution in [1.82, 2.24) is 0 Å². The molecule has 10 aromatic carbocycles. The zero-order chi connectivity index (χ0) is 43.8. The lowest BCUT2D eigenvalue weighted by Gasteiger charge is -2.37. The molecular formula is C63H48N2. The molecule has 2 aliphatic carbocycles. The Morgan fingerprint density at radius 3 is 1.00 bits per heavy atom. The van der Waals surface area contributed by atoms with E-state index in [1.165, 1.54) is 88.7 Å². The van der Waals surface area contributed by atoms with Crippen LogP contribution >= 0.6 is 0 Å². The van der Waals surface area contributed by atoms with Crippen LogP contribution in [-0.2, 0) is 5.41 Å². The first-order valence-electron chi connectivity index (χ1n) is 22.7. The van der Waals surface area contributed by atoms with Crippen LogP contribution in [0.15, 0.2) is 218 Å². The second-order valence-corrected chi connectivity index (χ2v) is 18.1. The molecule has 0 radical (unpaired) electrons. The van der Waals surface area contributed by atoms with E-state index < -0.39 is 5.41 Å². The Kier molecular flexibility index (Phi) is 9.00. The Hall–Kier alpha value is -7.94. The van der Waals surface area contributed by atoms with Gasteiger partial charge in [0.25, 0.3) is 0 Å². The van der Waals surface area contributed by atoms with Crippen molar-refractivity contribution in [2.75, 3.05) is 9.80 Å². The molecule has 0 unspecified atom stereocenters. The highest BCUT2D eigenvalue weighted by atomic mass is 15.1. The van der Waals surface area contributed by atoms with E-state index in [4.69, 9.17) is 0 Å². The first kappa shape index (κ1) is 38.7. The molecule has 10 aromatic rings. The van der Waals surface area contributed by atoms with Gasteiger partial charge in [-0.25, -0.2) is 0 Å². The lowest BCUT2D eigenvalue weighted by atomic mass is 9.65. The summed E-state index contributed by atoms with van der Waals surface area (Å²) in [6, 6.07) is 82.4. The minimum atomic E-state index is -0.718. The molecular weight excluding hydrogens is 785 g/mol. The van der Waals surface area contributed by atoms with Crippen LogP contribution in [0.3, 0.4) is 0 Å². The van der Waals surface area contributed by atoms with E-state index in [1.807, 2.05) is 0 Å². The van der Waals surface area contributed by atoms with E-state index in [1.54, 1.807) is 0 Å². The lowest BCUT2D eigenvalue weighted by Crippen LogP contribution is -2.30. The fourth-order valence-electron chi connectivity index (χ4n) is 10.7. The van der Waals surface area contributed by atoms with Gasteiger partial charge in [0.2, 0.25) is 0 Å². The molecule has 0 heterocycles. The molecule has 0 saturated heterocycles. The van der Waals surface area contributed by atoms with Crippen molar-refractivity contribution < 1.29 is 0 Å². The van der Waals surface area contributed by atoms with Gasteiger partial charge in [-0.15, -0.1) is 0 Å². The molecule has 12 rings (SSSR count). The van der Waals surface area contributed by atoms with E-state index >= 15 is 0 Å². The number of hydrogen-bond acceptors (Lipinski definition) is 2. The van der Waals surface area contributed by atoms with Crippen LogP contribution in [0.5, 0.6) is 0 Å². The molecule has 0 N–H and O–H groups in total. The summed E-state index contributed by atoms with van der Waals surface area (Å²) >= 11 is 0. The zero-order valence-electron chi connectivity index (χ0n) is 37.2. The minimum Gasteiger partial charge on any atom is -0.310 e. The SMILES string of the molecule is Cc1ccc(N(c2ccc(C)cc2)c2ccc3c(c2)C2(c4cc(N(c5ccc(C)cc5)c5ccc(C)cc5)ccc4-c4ccccc4-3)c3ccccc3-c3cc4ccccc4cc32)cc1. The van der Waals surface area contributed by atoms with Crippen LogP contribution in [-0.4, -0.2) is 0 Å². The summed E-state index contributed by atoms with van der Waals surface area (Å²) in [5, 5.41) is 2.48. The number of aryl methyl sites for hydroxylation is 4. The molecule has 65 heavy (non-hydrogen) atoms. The first-order valence-corrected chi connectivity index (χ1v) is 22.7. The van der Waals surface area contributed by atoms with E-state index in [0.29, 0.717) is 0 Å². The fraction of sp³-hybridized carbons (Fsp3) is 0.0794. The molecule has 0 aromatic heterocycles. The molecule has 0 saturated carbocycles. The second kappa shape index (κ2) is 15.1. The van der Waals surface area contributed by atoms with Gasteiger partial charge in [0, 0.05) is 34.1 Å². The van der Waals surface area contributed by atoms with Crippen LogP contribution < -0.4 is 9.80 Å². The van der Waals surface area contributed by atoms with Crippen LogP contribution in [0.4, 0.5) is 34.1 Å². The summed E-state index contributed by atoms with van der Waals surface area (Å²) in [6.07, 6.45) is 0. The summed E-state index contributed by atoms with van der Waals surface area (Å²) in [4.78, 5) is 4.86. The normalized spacial score (nSPS) is 12.7. The predicted octanol–water partition coefficient (Wildman–Crippen LogP) is 17.0. The smallest absolute Gasteiger partial charge is 0.0727 e. The van der Waals surface area contributed by atoms with E-state index in [-0.39, 0.29) is 0 Å². The lowest BCUT2D eigenvalue weighted by molar-refractivity contribution is 0.776. The Labute approximate surface area is 382 Å². The Balaban J connectivity index is 1.23. The van der Waals surface area contributed by atoms with E-state index in [9.17, 15) is 0 Å². The van der Waals surface area contributed by atoms with E-state index in [2.05, 4.69) is 256 Å². The number of benzene rings is 10. The molecule has 0 bridgehead atoms. The third kappa shape index (κ3) is 6.16. The van der Waals surface area contributed by atoms with Crippen molar-refractivity contribution in [2.45, 2.75) is 33.1 Å². The number of anilines is 6. The van der Waals surface area contributed by atoms with E-state index in [0.717, 1.165) is 34.1 Å². The molecule has 0 fully saturated rings. The van der Waals surface area contributed by atoms with Crippen LogP contribution in [0, 0.1) is 27.7 Å². The standard InChI is InChI=1S/C63H48N2/c1-41-17-25-47(26-18-41)64(48-27-19-42(2)20-28-48)51-33-35-56-53-13-7-8-14-54(53)57-36-34-52(65(49-29-21-43(3)22-30-49)50-31-23-44(4)24-32-50)40-62(57)63(61(56)39-51)59-16-10-9-15-55(59)58-37-45-11-5-6-12-46(45)38-60(58)63/h5-40H,1-4H3. The highest BCUT2D eigenvalue weighted by Crippen LogP contribution is 2.63. The van der Waals surface area contributed by atoms with Crippen molar-refractivity contribution in [3.63, 3.8) is 0 Å². The van der Waals surface area contributed by atoms with Crippen molar-refractivity contribution in [2.24, 2.45) is 0 Å². The van der Waals surface area contributed by atoms with Crippen LogP contribution in [0.2, 0.25) is 0 Å². The molecule has 1 spiro atoms. The number of rotatable bonds is 6. The Morgan fingerprint density at radius 1 is 0.246 bits per heavy atom. The van der Waals surface area contributed by atoms with Gasteiger partial charge in [-0.3, -0.25) is 0 Å². The molecule has 0 amide bonds. The van der Waals surface area contributed by atoms with Gasteiger partial charge in [0.1, 0.15) is 0 Å². The van der Waals surface area contributed by atoms with Crippen molar-refractivity contribution in [3.8, 4) is 33.4 Å². The van der Waals surface area contributed by atoms with Gasteiger partial charge in [-0.05, 0) is 179 Å².